The lowest BCUT2D eigenvalue weighted by molar-refractivity contribution is -0.862. The third-order valence-electron chi connectivity index (χ3n) is 4.78. The molecule has 0 bridgehead atoms. The fraction of sp³-hybridized carbons (Fsp3) is 0.391. The maximum Gasteiger partial charge on any atom is 0.279 e. The fourth-order valence-corrected chi connectivity index (χ4v) is 3.48. The number of anilines is 1. The van der Waals surface area contributed by atoms with Crippen LogP contribution in [0.15, 0.2) is 36.4 Å². The average molecular weight is 399 g/mol. The van der Waals surface area contributed by atoms with Gasteiger partial charge < -0.3 is 20.3 Å². The number of ether oxygens (including phenoxy) is 1. The second-order valence-corrected chi connectivity index (χ2v) is 7.54. The lowest BCUT2D eigenvalue weighted by Crippen LogP contribution is -3.11. The van der Waals surface area contributed by atoms with E-state index in [-0.39, 0.29) is 24.9 Å². The number of nitrogens with one attached hydrogen (secondary N) is 3. The molecule has 0 aliphatic heterocycles. The van der Waals surface area contributed by atoms with E-state index in [4.69, 9.17) is 4.74 Å². The molecule has 0 aliphatic carbocycles. The molecule has 0 radical (unpaired) electrons. The van der Waals surface area contributed by atoms with Crippen molar-refractivity contribution < 1.29 is 19.2 Å². The number of benzene rings is 2. The van der Waals surface area contributed by atoms with Crippen LogP contribution in [0.5, 0.6) is 5.75 Å². The van der Waals surface area contributed by atoms with Crippen LogP contribution < -0.4 is 20.3 Å². The first-order chi connectivity index (χ1) is 13.8. The molecule has 156 valence electrons. The van der Waals surface area contributed by atoms with E-state index in [0.717, 1.165) is 33.0 Å². The zero-order valence-corrected chi connectivity index (χ0v) is 18.0. The summed E-state index contributed by atoms with van der Waals surface area (Å²) in [5.41, 5.74) is 5.17. The molecule has 1 unspecified atom stereocenters. The van der Waals surface area contributed by atoms with Gasteiger partial charge in [-0.1, -0.05) is 35.9 Å². The minimum absolute atomic E-state index is 0.0760. The molecule has 2 amide bonds. The predicted octanol–water partition coefficient (Wildman–Crippen LogP) is 1.43. The van der Waals surface area contributed by atoms with Crippen molar-refractivity contribution >= 4 is 17.5 Å². The molecule has 0 saturated carbocycles. The van der Waals surface area contributed by atoms with Gasteiger partial charge in [0, 0.05) is 12.2 Å². The van der Waals surface area contributed by atoms with Crippen LogP contribution in [0.2, 0.25) is 0 Å². The Balaban J connectivity index is 1.77. The van der Waals surface area contributed by atoms with Gasteiger partial charge in [-0.25, -0.2) is 0 Å². The molecule has 6 nitrogen and oxygen atoms in total. The molecular weight excluding hydrogens is 366 g/mol. The van der Waals surface area contributed by atoms with Gasteiger partial charge in [-0.3, -0.25) is 9.59 Å². The van der Waals surface area contributed by atoms with E-state index in [1.807, 2.05) is 64.2 Å². The SMILES string of the molecule is COc1ccccc1CCNC(=O)C[NH+](C)CC(=O)Nc1c(C)cc(C)cc1C. The monoisotopic (exact) mass is 398 g/mol. The van der Waals surface area contributed by atoms with Gasteiger partial charge in [0.25, 0.3) is 11.8 Å². The van der Waals surface area contributed by atoms with Crippen molar-refractivity contribution in [3.8, 4) is 5.75 Å². The Morgan fingerprint density at radius 1 is 1.00 bits per heavy atom. The summed E-state index contributed by atoms with van der Waals surface area (Å²) in [5, 5.41) is 5.90. The first-order valence-electron chi connectivity index (χ1n) is 9.87. The highest BCUT2D eigenvalue weighted by molar-refractivity contribution is 5.93. The van der Waals surface area contributed by atoms with E-state index in [1.165, 1.54) is 5.56 Å². The number of amides is 2. The van der Waals surface area contributed by atoms with Crippen molar-refractivity contribution in [3.63, 3.8) is 0 Å². The lowest BCUT2D eigenvalue weighted by atomic mass is 10.1. The Morgan fingerprint density at radius 3 is 2.28 bits per heavy atom. The van der Waals surface area contributed by atoms with Crippen LogP contribution in [-0.4, -0.2) is 45.6 Å². The number of carbonyl (C=O) groups is 2. The van der Waals surface area contributed by atoms with Crippen molar-refractivity contribution in [2.75, 3.05) is 39.1 Å². The number of para-hydroxylation sites is 1. The fourth-order valence-electron chi connectivity index (χ4n) is 3.48. The van der Waals surface area contributed by atoms with Crippen LogP contribution in [0.25, 0.3) is 0 Å². The van der Waals surface area contributed by atoms with Crippen LogP contribution in [-0.2, 0) is 16.0 Å². The Bertz CT molecular complexity index is 841. The number of quaternary nitrogens is 1. The lowest BCUT2D eigenvalue weighted by Gasteiger charge is -2.16. The summed E-state index contributed by atoms with van der Waals surface area (Å²) in [6.45, 7) is 7.01. The van der Waals surface area contributed by atoms with E-state index in [1.54, 1.807) is 7.11 Å². The summed E-state index contributed by atoms with van der Waals surface area (Å²) in [6, 6.07) is 11.9. The minimum atomic E-state index is -0.0978. The topological polar surface area (TPSA) is 71.9 Å². The molecule has 0 aromatic heterocycles. The number of carbonyl (C=O) groups excluding carboxylic acids is 2. The molecule has 2 rings (SSSR count). The Hall–Kier alpha value is -2.86. The maximum atomic E-state index is 12.4. The molecule has 0 heterocycles. The molecule has 2 aromatic carbocycles. The average Bonchev–Trinajstić information content (AvgIpc) is 2.64. The number of aryl methyl sites for hydroxylation is 3. The molecule has 29 heavy (non-hydrogen) atoms. The third-order valence-corrected chi connectivity index (χ3v) is 4.78. The van der Waals surface area contributed by atoms with E-state index < -0.39 is 0 Å². The van der Waals surface area contributed by atoms with Crippen molar-refractivity contribution in [1.29, 1.82) is 0 Å². The van der Waals surface area contributed by atoms with Gasteiger partial charge in [0.2, 0.25) is 0 Å². The Morgan fingerprint density at radius 2 is 1.62 bits per heavy atom. The second-order valence-electron chi connectivity index (χ2n) is 7.54. The van der Waals surface area contributed by atoms with E-state index in [2.05, 4.69) is 10.6 Å². The van der Waals surface area contributed by atoms with Gasteiger partial charge in [0.15, 0.2) is 13.1 Å². The summed E-state index contributed by atoms with van der Waals surface area (Å²) in [4.78, 5) is 25.4. The highest BCUT2D eigenvalue weighted by atomic mass is 16.5. The van der Waals surface area contributed by atoms with E-state index in [0.29, 0.717) is 13.0 Å². The van der Waals surface area contributed by atoms with Gasteiger partial charge in [-0.05, 0) is 49.9 Å². The third kappa shape index (κ3) is 6.91. The summed E-state index contributed by atoms with van der Waals surface area (Å²) in [5.74, 6) is 0.648. The van der Waals surface area contributed by atoms with Crippen LogP contribution in [0.3, 0.4) is 0 Å². The van der Waals surface area contributed by atoms with Crippen molar-refractivity contribution in [2.24, 2.45) is 0 Å². The molecule has 0 spiro atoms. The van der Waals surface area contributed by atoms with E-state index in [9.17, 15) is 9.59 Å². The highest BCUT2D eigenvalue weighted by Gasteiger charge is 2.16. The largest absolute Gasteiger partial charge is 0.496 e. The Kier molecular flexibility index (Phi) is 8.21. The second kappa shape index (κ2) is 10.6. The molecule has 6 heteroatoms. The van der Waals surface area contributed by atoms with Crippen LogP contribution >= 0.6 is 0 Å². The number of rotatable bonds is 9. The van der Waals surface area contributed by atoms with Gasteiger partial charge >= 0.3 is 0 Å². The normalized spacial score (nSPS) is 11.6. The van der Waals surface area contributed by atoms with Crippen LogP contribution in [0, 0.1) is 20.8 Å². The maximum absolute atomic E-state index is 12.4. The standard InChI is InChI=1S/C23H31N3O3/c1-16-12-17(2)23(18(3)13-16)25-22(28)15-26(4)14-21(27)24-11-10-19-8-6-7-9-20(19)29-5/h6-9,12-13H,10-11,14-15H2,1-5H3,(H,24,27)(H,25,28)/p+1. The smallest absolute Gasteiger partial charge is 0.279 e. The summed E-state index contributed by atoms with van der Waals surface area (Å²) in [6.07, 6.45) is 0.696. The predicted molar refractivity (Wildman–Crippen MR) is 116 cm³/mol. The molecule has 0 saturated heterocycles. The van der Waals surface area contributed by atoms with Crippen LogP contribution in [0.4, 0.5) is 5.69 Å². The zero-order chi connectivity index (χ0) is 21.4. The highest BCUT2D eigenvalue weighted by Crippen LogP contribution is 2.21. The molecule has 1 atom stereocenters. The van der Waals surface area contributed by atoms with E-state index >= 15 is 0 Å². The van der Waals surface area contributed by atoms with Gasteiger partial charge in [0.1, 0.15) is 5.75 Å². The van der Waals surface area contributed by atoms with Crippen LogP contribution in [0.1, 0.15) is 22.3 Å². The molecule has 0 aliphatic rings. The number of hydrogen-bond acceptors (Lipinski definition) is 3. The molecular formula is C23H32N3O3+. The number of hydrogen-bond donors (Lipinski definition) is 3. The summed E-state index contributed by atoms with van der Waals surface area (Å²) >= 11 is 0. The zero-order valence-electron chi connectivity index (χ0n) is 18.0. The number of methoxy groups -OCH3 is 1. The minimum Gasteiger partial charge on any atom is -0.496 e. The van der Waals surface area contributed by atoms with Crippen molar-refractivity contribution in [1.82, 2.24) is 5.32 Å². The molecule has 3 N–H and O–H groups in total. The quantitative estimate of drug-likeness (QED) is 0.598. The van der Waals surface area contributed by atoms with Gasteiger partial charge in [-0.2, -0.15) is 0 Å². The first kappa shape index (κ1) is 22.4. The molecule has 0 fully saturated rings. The molecule has 2 aromatic rings. The Labute approximate surface area is 173 Å². The summed E-state index contributed by atoms with van der Waals surface area (Å²) < 4.78 is 5.32. The van der Waals surface area contributed by atoms with Crippen molar-refractivity contribution in [2.45, 2.75) is 27.2 Å². The summed E-state index contributed by atoms with van der Waals surface area (Å²) in [7, 11) is 3.48. The van der Waals surface area contributed by atoms with Gasteiger partial charge in [-0.15, -0.1) is 0 Å². The van der Waals surface area contributed by atoms with Gasteiger partial charge in [0.05, 0.1) is 14.2 Å². The van der Waals surface area contributed by atoms with Crippen molar-refractivity contribution in [3.05, 3.63) is 58.7 Å². The first-order valence-corrected chi connectivity index (χ1v) is 9.87. The number of likely N-dealkylation sites (N-methyl/N-ethyl adjacent to an activating group) is 1.